The van der Waals surface area contributed by atoms with Gasteiger partial charge in [-0.1, -0.05) is 60.9 Å². The van der Waals surface area contributed by atoms with Gasteiger partial charge in [0.05, 0.1) is 9.16 Å². The molecule has 10 heteroatoms. The molecule has 1 aromatic carbocycles. The van der Waals surface area contributed by atoms with Crippen LogP contribution in [0.3, 0.4) is 0 Å². The molecule has 2 unspecified atom stereocenters. The van der Waals surface area contributed by atoms with Crippen molar-refractivity contribution in [2.24, 2.45) is 0 Å². The van der Waals surface area contributed by atoms with Gasteiger partial charge in [0, 0.05) is 44.3 Å². The summed E-state index contributed by atoms with van der Waals surface area (Å²) in [5, 5.41) is 4.49. The normalized spacial score (nSPS) is 19.5. The van der Waals surface area contributed by atoms with Crippen LogP contribution in [0.4, 0.5) is 0 Å². The maximum atomic E-state index is 11.4. The number of hydrogen-bond donors (Lipinski definition) is 0. The molecule has 2 aliphatic heterocycles. The minimum absolute atomic E-state index is 0.0422. The number of rotatable bonds is 14. The van der Waals surface area contributed by atoms with E-state index in [0.29, 0.717) is 9.16 Å². The van der Waals surface area contributed by atoms with E-state index in [0.717, 1.165) is 34.5 Å². The maximum absolute atomic E-state index is 11.4. The van der Waals surface area contributed by atoms with Gasteiger partial charge in [-0.2, -0.15) is 23.5 Å². The standard InChI is InChI=1S/C24H26O2S8/c1-3-21(25)29-11-19-13-31-23(33-19)15-27-9-17-6-5-7-18(8-17)10-28-16-24-32-14-20(34-24)12-30-22(26)4-2/h3-8,13-14,23-24H,1-2,9-12,15-16H2. The molecule has 0 saturated carbocycles. The SMILES string of the molecule is C=CC(=O)SCC1=CSC(CSCc2cccc(CSCC3SC=C(CSC(=O)C=C)S3)c2)S1. The zero-order chi connectivity index (χ0) is 24.2. The molecule has 2 atom stereocenters. The number of benzene rings is 1. The second-order valence-electron chi connectivity index (χ2n) is 7.01. The van der Waals surface area contributed by atoms with Gasteiger partial charge in [-0.15, -0.1) is 47.0 Å². The molecule has 2 heterocycles. The largest absolute Gasteiger partial charge is 0.282 e. The molecule has 34 heavy (non-hydrogen) atoms. The summed E-state index contributed by atoms with van der Waals surface area (Å²) in [6.07, 6.45) is 2.77. The van der Waals surface area contributed by atoms with Crippen LogP contribution in [0.5, 0.6) is 0 Å². The highest BCUT2D eigenvalue weighted by molar-refractivity contribution is 8.25. The monoisotopic (exact) mass is 602 g/mol. The summed E-state index contributed by atoms with van der Waals surface area (Å²) < 4.78 is 1.07. The zero-order valence-electron chi connectivity index (χ0n) is 18.5. The molecular formula is C24H26O2S8. The average molecular weight is 603 g/mol. The molecule has 2 aliphatic rings. The van der Waals surface area contributed by atoms with Crippen molar-refractivity contribution in [1.29, 1.82) is 0 Å². The third-order valence-corrected chi connectivity index (χ3v) is 14.9. The molecule has 1 aromatic rings. The Morgan fingerprint density at radius 2 is 1.26 bits per heavy atom. The molecule has 0 spiro atoms. The first-order chi connectivity index (χ1) is 16.6. The molecule has 0 bridgehead atoms. The van der Waals surface area contributed by atoms with Crippen LogP contribution in [0.15, 0.2) is 70.2 Å². The second-order valence-corrected chi connectivity index (χ2v) is 16.4. The third kappa shape index (κ3) is 10.7. The molecule has 0 fully saturated rings. The predicted molar refractivity (Wildman–Crippen MR) is 168 cm³/mol. The van der Waals surface area contributed by atoms with Crippen LogP contribution in [0.2, 0.25) is 0 Å². The lowest BCUT2D eigenvalue weighted by atomic mass is 10.2. The number of hydrogen-bond acceptors (Lipinski definition) is 10. The van der Waals surface area contributed by atoms with Crippen molar-refractivity contribution >= 4 is 104 Å². The summed E-state index contributed by atoms with van der Waals surface area (Å²) in [5.41, 5.74) is 2.77. The van der Waals surface area contributed by atoms with Crippen LogP contribution in [-0.2, 0) is 21.1 Å². The third-order valence-electron chi connectivity index (χ3n) is 4.35. The number of carbonyl (C=O) groups excluding carboxylic acids is 2. The van der Waals surface area contributed by atoms with Crippen LogP contribution >= 0.6 is 94.1 Å². The fourth-order valence-electron chi connectivity index (χ4n) is 2.79. The van der Waals surface area contributed by atoms with Crippen LogP contribution in [0, 0.1) is 0 Å². The van der Waals surface area contributed by atoms with Crippen molar-refractivity contribution < 1.29 is 9.59 Å². The first kappa shape index (κ1) is 28.9. The smallest absolute Gasteiger partial charge is 0.211 e. The van der Waals surface area contributed by atoms with Crippen LogP contribution < -0.4 is 0 Å². The lowest BCUT2D eigenvalue weighted by Crippen LogP contribution is -1.99. The van der Waals surface area contributed by atoms with Crippen molar-refractivity contribution in [2.45, 2.75) is 20.7 Å². The van der Waals surface area contributed by atoms with Gasteiger partial charge in [-0.05, 0) is 34.1 Å². The van der Waals surface area contributed by atoms with E-state index >= 15 is 0 Å². The van der Waals surface area contributed by atoms with Crippen molar-refractivity contribution in [3.63, 3.8) is 0 Å². The molecule has 3 rings (SSSR count). The van der Waals surface area contributed by atoms with E-state index < -0.39 is 0 Å². The maximum Gasteiger partial charge on any atom is 0.211 e. The Hall–Kier alpha value is 0.320. The summed E-state index contributed by atoms with van der Waals surface area (Å²) in [6, 6.07) is 8.95. The van der Waals surface area contributed by atoms with Crippen LogP contribution in [0.25, 0.3) is 0 Å². The molecular weight excluding hydrogens is 577 g/mol. The van der Waals surface area contributed by atoms with Crippen molar-refractivity contribution in [2.75, 3.05) is 23.0 Å². The predicted octanol–water partition coefficient (Wildman–Crippen LogP) is 8.34. The summed E-state index contributed by atoms with van der Waals surface area (Å²) in [4.78, 5) is 25.4. The van der Waals surface area contributed by atoms with Gasteiger partial charge in [0.15, 0.2) is 0 Å². The average Bonchev–Trinajstić information content (AvgIpc) is 3.50. The molecule has 0 amide bonds. The van der Waals surface area contributed by atoms with Gasteiger partial charge in [0.1, 0.15) is 0 Å². The molecule has 182 valence electrons. The Kier molecular flexibility index (Phi) is 13.8. The van der Waals surface area contributed by atoms with Crippen LogP contribution in [0.1, 0.15) is 11.1 Å². The Balaban J connectivity index is 1.29. The molecule has 0 radical (unpaired) electrons. The van der Waals surface area contributed by atoms with Crippen molar-refractivity contribution in [1.82, 2.24) is 0 Å². The Morgan fingerprint density at radius 3 is 1.71 bits per heavy atom. The molecule has 0 saturated heterocycles. The van der Waals surface area contributed by atoms with E-state index in [-0.39, 0.29) is 10.2 Å². The number of thioether (sulfide) groups is 8. The molecule has 0 N–H and O–H groups in total. The Labute approximate surface area is 237 Å². The summed E-state index contributed by atoms with van der Waals surface area (Å²) in [5.74, 6) is 5.75. The van der Waals surface area contributed by atoms with Crippen LogP contribution in [-0.4, -0.2) is 42.4 Å². The first-order valence-electron chi connectivity index (χ1n) is 10.4. The van der Waals surface area contributed by atoms with E-state index in [1.54, 1.807) is 0 Å². The Bertz CT molecular complexity index is 871. The summed E-state index contributed by atoms with van der Waals surface area (Å²) in [7, 11) is 0. The molecule has 0 aliphatic carbocycles. The van der Waals surface area contributed by atoms with E-state index in [1.165, 1.54) is 56.6 Å². The zero-order valence-corrected chi connectivity index (χ0v) is 25.0. The molecule has 2 nitrogen and oxygen atoms in total. The quantitative estimate of drug-likeness (QED) is 0.194. The minimum Gasteiger partial charge on any atom is -0.282 e. The minimum atomic E-state index is 0.0422. The van der Waals surface area contributed by atoms with E-state index in [1.807, 2.05) is 70.6 Å². The van der Waals surface area contributed by atoms with E-state index in [9.17, 15) is 9.59 Å². The lowest BCUT2D eigenvalue weighted by molar-refractivity contribution is -0.107. The van der Waals surface area contributed by atoms with Gasteiger partial charge in [-0.3, -0.25) is 9.59 Å². The van der Waals surface area contributed by atoms with E-state index in [2.05, 4.69) is 48.2 Å². The van der Waals surface area contributed by atoms with Crippen molar-refractivity contribution in [3.8, 4) is 0 Å². The van der Waals surface area contributed by atoms with Gasteiger partial charge >= 0.3 is 0 Å². The van der Waals surface area contributed by atoms with Gasteiger partial charge in [0.25, 0.3) is 0 Å². The topological polar surface area (TPSA) is 34.1 Å². The highest BCUT2D eigenvalue weighted by atomic mass is 32.2. The number of carbonyl (C=O) groups is 2. The first-order valence-corrected chi connectivity index (χ1v) is 18.3. The summed E-state index contributed by atoms with van der Waals surface area (Å²) >= 11 is 14.1. The fourth-order valence-corrected chi connectivity index (χ4v) is 12.4. The van der Waals surface area contributed by atoms with Crippen molar-refractivity contribution in [3.05, 3.63) is 81.3 Å². The van der Waals surface area contributed by atoms with Gasteiger partial charge < -0.3 is 0 Å². The lowest BCUT2D eigenvalue weighted by Gasteiger charge is -2.11. The highest BCUT2D eigenvalue weighted by Gasteiger charge is 2.20. The van der Waals surface area contributed by atoms with Gasteiger partial charge in [0.2, 0.25) is 10.2 Å². The Morgan fingerprint density at radius 1 is 0.794 bits per heavy atom. The molecule has 0 aromatic heterocycles. The summed E-state index contributed by atoms with van der Waals surface area (Å²) in [6.45, 7) is 7.05. The van der Waals surface area contributed by atoms with Gasteiger partial charge in [-0.25, -0.2) is 0 Å². The fraction of sp³-hybridized carbons (Fsp3) is 0.333. The van der Waals surface area contributed by atoms with E-state index in [4.69, 9.17) is 0 Å². The second kappa shape index (κ2) is 16.2. The highest BCUT2D eigenvalue weighted by Crippen LogP contribution is 2.44.